The maximum Gasteiger partial charge on any atom is 0.244 e. The van der Waals surface area contributed by atoms with Crippen molar-refractivity contribution < 1.29 is 8.42 Å². The van der Waals surface area contributed by atoms with Gasteiger partial charge in [-0.1, -0.05) is 25.4 Å². The molecule has 0 N–H and O–H groups in total. The minimum atomic E-state index is -3.64. The van der Waals surface area contributed by atoms with Crippen molar-refractivity contribution in [2.24, 2.45) is 5.41 Å². The summed E-state index contributed by atoms with van der Waals surface area (Å²) in [5, 5.41) is 9.11. The highest BCUT2D eigenvalue weighted by atomic mass is 35.5. The molecule has 0 aromatic heterocycles. The predicted octanol–water partition coefficient (Wildman–Crippen LogP) is 3.41. The van der Waals surface area contributed by atoms with Crippen LogP contribution in [0.3, 0.4) is 0 Å². The third-order valence-electron chi connectivity index (χ3n) is 4.58. The van der Waals surface area contributed by atoms with Crippen LogP contribution in [-0.2, 0) is 10.0 Å². The standard InChI is InChI=1S/C15H19ClN2O2S/c1-3-15(4-2)7-8-18(11-15)21(19,20)14-9-12(10-17)5-6-13(14)16/h5-6,9H,3-4,7-8,11H2,1-2H3. The third kappa shape index (κ3) is 2.94. The maximum absolute atomic E-state index is 12.8. The Hall–Kier alpha value is -1.09. The molecule has 6 heteroatoms. The summed E-state index contributed by atoms with van der Waals surface area (Å²) >= 11 is 6.04. The molecule has 1 saturated heterocycles. The highest BCUT2D eigenvalue weighted by molar-refractivity contribution is 7.89. The quantitative estimate of drug-likeness (QED) is 0.851. The van der Waals surface area contributed by atoms with Crippen molar-refractivity contribution >= 4 is 21.6 Å². The van der Waals surface area contributed by atoms with Crippen molar-refractivity contribution in [2.45, 2.75) is 38.0 Å². The molecule has 1 aromatic carbocycles. The van der Waals surface area contributed by atoms with Gasteiger partial charge in [0, 0.05) is 13.1 Å². The van der Waals surface area contributed by atoms with Crippen LogP contribution in [0.2, 0.25) is 5.02 Å². The second kappa shape index (κ2) is 5.96. The van der Waals surface area contributed by atoms with Gasteiger partial charge in [-0.05, 0) is 42.9 Å². The molecule has 0 radical (unpaired) electrons. The number of sulfonamides is 1. The van der Waals surface area contributed by atoms with Gasteiger partial charge >= 0.3 is 0 Å². The lowest BCUT2D eigenvalue weighted by Crippen LogP contribution is -2.32. The van der Waals surface area contributed by atoms with Crippen LogP contribution in [-0.4, -0.2) is 25.8 Å². The molecule has 2 rings (SSSR count). The summed E-state index contributed by atoms with van der Waals surface area (Å²) in [5.74, 6) is 0. The lowest BCUT2D eigenvalue weighted by molar-refractivity contribution is 0.279. The Morgan fingerprint density at radius 2 is 2.05 bits per heavy atom. The lowest BCUT2D eigenvalue weighted by atomic mass is 9.82. The zero-order valence-electron chi connectivity index (χ0n) is 12.3. The van der Waals surface area contributed by atoms with Crippen LogP contribution in [0.5, 0.6) is 0 Å². The molecule has 0 spiro atoms. The molecule has 1 aromatic rings. The fourth-order valence-corrected chi connectivity index (χ4v) is 4.89. The minimum absolute atomic E-state index is 0.0335. The van der Waals surface area contributed by atoms with Crippen molar-refractivity contribution in [3.05, 3.63) is 28.8 Å². The molecule has 1 aliphatic heterocycles. The summed E-state index contributed by atoms with van der Waals surface area (Å²) in [7, 11) is -3.64. The van der Waals surface area contributed by atoms with Crippen molar-refractivity contribution in [3.63, 3.8) is 0 Å². The third-order valence-corrected chi connectivity index (χ3v) is 6.91. The topological polar surface area (TPSA) is 61.2 Å². The van der Waals surface area contributed by atoms with E-state index in [0.29, 0.717) is 18.7 Å². The fraction of sp³-hybridized carbons (Fsp3) is 0.533. The van der Waals surface area contributed by atoms with Crippen LogP contribution in [0.25, 0.3) is 0 Å². The zero-order valence-corrected chi connectivity index (χ0v) is 13.8. The number of benzene rings is 1. The minimum Gasteiger partial charge on any atom is -0.207 e. The van der Waals surface area contributed by atoms with Gasteiger partial charge in [0.05, 0.1) is 16.7 Å². The second-order valence-corrected chi connectivity index (χ2v) is 7.87. The van der Waals surface area contributed by atoms with E-state index >= 15 is 0 Å². The van der Waals surface area contributed by atoms with Crippen molar-refractivity contribution in [1.29, 1.82) is 5.26 Å². The van der Waals surface area contributed by atoms with Crippen LogP contribution < -0.4 is 0 Å². The Morgan fingerprint density at radius 3 is 2.57 bits per heavy atom. The van der Waals surface area contributed by atoms with Gasteiger partial charge in [-0.2, -0.15) is 9.57 Å². The SMILES string of the molecule is CCC1(CC)CCN(S(=O)(=O)c2cc(C#N)ccc2Cl)C1. The first kappa shape index (κ1) is 16.3. The number of halogens is 1. The fourth-order valence-electron chi connectivity index (χ4n) is 2.84. The summed E-state index contributed by atoms with van der Waals surface area (Å²) in [6.07, 6.45) is 2.79. The van der Waals surface area contributed by atoms with E-state index in [0.717, 1.165) is 19.3 Å². The largest absolute Gasteiger partial charge is 0.244 e. The summed E-state index contributed by atoms with van der Waals surface area (Å²) in [6.45, 7) is 5.23. The van der Waals surface area contributed by atoms with Crippen LogP contribution in [0.4, 0.5) is 0 Å². The Balaban J connectivity index is 2.39. The molecule has 0 aliphatic carbocycles. The highest BCUT2D eigenvalue weighted by Crippen LogP contribution is 2.40. The van der Waals surface area contributed by atoms with Crippen molar-refractivity contribution in [3.8, 4) is 6.07 Å². The van der Waals surface area contributed by atoms with Gasteiger partial charge in [-0.15, -0.1) is 0 Å². The Morgan fingerprint density at radius 1 is 1.38 bits per heavy atom. The summed E-state index contributed by atoms with van der Waals surface area (Å²) in [4.78, 5) is 0.0335. The molecule has 1 aliphatic rings. The second-order valence-electron chi connectivity index (χ2n) is 5.55. The molecular formula is C15H19ClN2O2S. The van der Waals surface area contributed by atoms with Gasteiger partial charge in [-0.25, -0.2) is 8.42 Å². The molecule has 0 bridgehead atoms. The molecule has 0 amide bonds. The molecule has 1 heterocycles. The van der Waals surface area contributed by atoms with Crippen LogP contribution in [0.1, 0.15) is 38.7 Å². The van der Waals surface area contributed by atoms with Gasteiger partial charge < -0.3 is 0 Å². The molecule has 0 atom stereocenters. The van der Waals surface area contributed by atoms with Gasteiger partial charge in [0.1, 0.15) is 4.90 Å². The van der Waals surface area contributed by atoms with Gasteiger partial charge in [-0.3, -0.25) is 0 Å². The van der Waals surface area contributed by atoms with E-state index in [1.807, 2.05) is 6.07 Å². The molecule has 114 valence electrons. The van der Waals surface area contributed by atoms with Crippen LogP contribution >= 0.6 is 11.6 Å². The van der Waals surface area contributed by atoms with E-state index in [2.05, 4.69) is 13.8 Å². The molecule has 0 unspecified atom stereocenters. The van der Waals surface area contributed by atoms with Gasteiger partial charge in [0.25, 0.3) is 0 Å². The van der Waals surface area contributed by atoms with Crippen molar-refractivity contribution in [1.82, 2.24) is 4.31 Å². The number of hydrogen-bond donors (Lipinski definition) is 0. The average molecular weight is 327 g/mol. The highest BCUT2D eigenvalue weighted by Gasteiger charge is 2.41. The normalized spacial score (nSPS) is 18.6. The Kier molecular flexibility index (Phi) is 4.62. The summed E-state index contributed by atoms with van der Waals surface area (Å²) in [6, 6.07) is 6.30. The molecule has 0 saturated carbocycles. The summed E-state index contributed by atoms with van der Waals surface area (Å²) < 4.78 is 27.1. The van der Waals surface area contributed by atoms with E-state index in [1.54, 1.807) is 0 Å². The molecular weight excluding hydrogens is 308 g/mol. The first-order chi connectivity index (χ1) is 9.88. The number of hydrogen-bond acceptors (Lipinski definition) is 3. The number of nitriles is 1. The molecule has 4 nitrogen and oxygen atoms in total. The van der Waals surface area contributed by atoms with Crippen LogP contribution in [0.15, 0.2) is 23.1 Å². The maximum atomic E-state index is 12.8. The number of nitrogens with zero attached hydrogens (tertiary/aromatic N) is 2. The van der Waals surface area contributed by atoms with Crippen molar-refractivity contribution in [2.75, 3.05) is 13.1 Å². The smallest absolute Gasteiger partial charge is 0.207 e. The average Bonchev–Trinajstić information content (AvgIpc) is 2.93. The van der Waals surface area contributed by atoms with Gasteiger partial charge in [0.15, 0.2) is 0 Å². The van der Waals surface area contributed by atoms with E-state index in [1.165, 1.54) is 22.5 Å². The Labute approximate surface area is 131 Å². The first-order valence-corrected chi connectivity index (χ1v) is 8.90. The Bertz CT molecular complexity index is 675. The predicted molar refractivity (Wildman–Crippen MR) is 82.6 cm³/mol. The van der Waals surface area contributed by atoms with E-state index in [9.17, 15) is 8.42 Å². The van der Waals surface area contributed by atoms with Gasteiger partial charge in [0.2, 0.25) is 10.0 Å². The molecule has 21 heavy (non-hydrogen) atoms. The summed E-state index contributed by atoms with van der Waals surface area (Å²) in [5.41, 5.74) is 0.362. The molecule has 1 fully saturated rings. The zero-order chi connectivity index (χ0) is 15.7. The lowest BCUT2D eigenvalue weighted by Gasteiger charge is -2.26. The van der Waals surface area contributed by atoms with E-state index in [4.69, 9.17) is 16.9 Å². The monoisotopic (exact) mass is 326 g/mol. The number of rotatable bonds is 4. The van der Waals surface area contributed by atoms with E-state index in [-0.39, 0.29) is 15.3 Å². The van der Waals surface area contributed by atoms with E-state index < -0.39 is 10.0 Å². The van der Waals surface area contributed by atoms with Crippen LogP contribution in [0, 0.1) is 16.7 Å². The first-order valence-electron chi connectivity index (χ1n) is 7.08.